The summed E-state index contributed by atoms with van der Waals surface area (Å²) >= 11 is 0. The van der Waals surface area contributed by atoms with Gasteiger partial charge in [-0.3, -0.25) is 9.69 Å². The fourth-order valence-electron chi connectivity index (χ4n) is 4.77. The van der Waals surface area contributed by atoms with E-state index < -0.39 is 0 Å². The number of hydrogen-bond acceptors (Lipinski definition) is 6. The number of halogens is 1. The van der Waals surface area contributed by atoms with E-state index in [0.717, 1.165) is 42.6 Å². The van der Waals surface area contributed by atoms with E-state index in [1.165, 1.54) is 31.4 Å². The number of carbonyl (C=O) groups excluding carboxylic acids is 1. The lowest BCUT2D eigenvalue weighted by molar-refractivity contribution is 0.0908. The van der Waals surface area contributed by atoms with Crippen LogP contribution < -0.4 is 19.5 Å². The van der Waals surface area contributed by atoms with Crippen molar-refractivity contribution >= 4 is 5.91 Å². The van der Waals surface area contributed by atoms with Gasteiger partial charge in [0.1, 0.15) is 28.8 Å². The number of likely N-dealkylation sites (tertiary alicyclic amines) is 1. The zero-order valence-corrected chi connectivity index (χ0v) is 22.1. The predicted molar refractivity (Wildman–Crippen MR) is 145 cm³/mol. The van der Waals surface area contributed by atoms with Gasteiger partial charge in [-0.1, -0.05) is 12.1 Å². The van der Waals surface area contributed by atoms with Crippen molar-refractivity contribution in [1.82, 2.24) is 10.2 Å². The highest BCUT2D eigenvalue weighted by Crippen LogP contribution is 2.40. The van der Waals surface area contributed by atoms with Gasteiger partial charge in [-0.05, 0) is 74.2 Å². The molecule has 0 bridgehead atoms. The molecule has 202 valence electrons. The summed E-state index contributed by atoms with van der Waals surface area (Å²) in [7, 11) is 1.50. The second-order valence-electron chi connectivity index (χ2n) is 9.28. The minimum atomic E-state index is -0.289. The van der Waals surface area contributed by atoms with E-state index in [-0.39, 0.29) is 23.5 Å². The Kier molecular flexibility index (Phi) is 9.07. The number of amides is 1. The topological polar surface area (TPSA) is 80.3 Å². The van der Waals surface area contributed by atoms with E-state index >= 15 is 0 Å². The maximum Gasteiger partial charge on any atom is 0.251 e. The molecule has 1 aliphatic heterocycles. The van der Waals surface area contributed by atoms with Crippen LogP contribution in [0.2, 0.25) is 0 Å². The van der Waals surface area contributed by atoms with Crippen molar-refractivity contribution in [2.45, 2.75) is 39.3 Å². The number of aromatic hydroxyl groups is 1. The Morgan fingerprint density at radius 1 is 1.00 bits per heavy atom. The molecule has 4 rings (SSSR count). The Hall–Kier alpha value is -3.78. The van der Waals surface area contributed by atoms with E-state index in [1.54, 1.807) is 18.2 Å². The lowest BCUT2D eigenvalue weighted by Gasteiger charge is -2.32. The number of piperidine rings is 1. The number of ether oxygens (including phenoxy) is 3. The molecule has 1 heterocycles. The van der Waals surface area contributed by atoms with Crippen molar-refractivity contribution in [3.63, 3.8) is 0 Å². The van der Waals surface area contributed by atoms with Crippen LogP contribution in [0.25, 0.3) is 11.1 Å². The summed E-state index contributed by atoms with van der Waals surface area (Å²) < 4.78 is 30.7. The number of hydrogen-bond donors (Lipinski definition) is 2. The highest BCUT2D eigenvalue weighted by molar-refractivity contribution is 5.95. The second kappa shape index (κ2) is 12.6. The van der Waals surface area contributed by atoms with Crippen LogP contribution >= 0.6 is 0 Å². The van der Waals surface area contributed by atoms with Crippen molar-refractivity contribution < 1.29 is 28.5 Å². The van der Waals surface area contributed by atoms with Crippen LogP contribution in [0.3, 0.4) is 0 Å². The molecule has 2 N–H and O–H groups in total. The Balaban J connectivity index is 1.43. The molecule has 8 heteroatoms. The van der Waals surface area contributed by atoms with Crippen LogP contribution in [0.4, 0.5) is 4.39 Å². The molecular formula is C30H35FN2O5. The fourth-order valence-corrected chi connectivity index (χ4v) is 4.77. The minimum absolute atomic E-state index is 0.00684. The third-order valence-electron chi connectivity index (χ3n) is 6.58. The zero-order valence-electron chi connectivity index (χ0n) is 22.1. The van der Waals surface area contributed by atoms with Crippen molar-refractivity contribution in [1.29, 1.82) is 0 Å². The zero-order chi connectivity index (χ0) is 27.1. The number of methoxy groups -OCH3 is 1. The summed E-state index contributed by atoms with van der Waals surface area (Å²) in [5.74, 6) is 1.34. The highest BCUT2D eigenvalue weighted by Gasteiger charge is 2.23. The van der Waals surface area contributed by atoms with Gasteiger partial charge in [-0.2, -0.15) is 0 Å². The third-order valence-corrected chi connectivity index (χ3v) is 6.58. The Bertz CT molecular complexity index is 1210. The van der Waals surface area contributed by atoms with Gasteiger partial charge in [0.2, 0.25) is 0 Å². The Labute approximate surface area is 223 Å². The first-order valence-corrected chi connectivity index (χ1v) is 13.0. The summed E-state index contributed by atoms with van der Waals surface area (Å²) in [6.07, 6.45) is 1.62. The lowest BCUT2D eigenvalue weighted by atomic mass is 9.99. The summed E-state index contributed by atoms with van der Waals surface area (Å²) in [5, 5.41) is 12.9. The molecule has 0 radical (unpaired) electrons. The van der Waals surface area contributed by atoms with Crippen LogP contribution in [0.5, 0.6) is 23.0 Å². The van der Waals surface area contributed by atoms with Crippen molar-refractivity contribution in [3.05, 3.63) is 71.5 Å². The SMILES string of the molecule is CCOc1cc(CN2CCC(NC(=O)c3cc(O)cc(OC)c3)CC2)cc(OCC)c1-c1ccc(F)cc1. The maximum atomic E-state index is 13.5. The van der Waals surface area contributed by atoms with E-state index in [9.17, 15) is 14.3 Å². The van der Waals surface area contributed by atoms with Gasteiger partial charge in [-0.15, -0.1) is 0 Å². The van der Waals surface area contributed by atoms with Crippen molar-refractivity contribution in [2.24, 2.45) is 0 Å². The van der Waals surface area contributed by atoms with Crippen LogP contribution in [0.15, 0.2) is 54.6 Å². The van der Waals surface area contributed by atoms with Gasteiger partial charge in [0, 0.05) is 37.3 Å². The molecule has 0 spiro atoms. The Morgan fingerprint density at radius 2 is 1.63 bits per heavy atom. The molecule has 7 nitrogen and oxygen atoms in total. The van der Waals surface area contributed by atoms with E-state index in [4.69, 9.17) is 14.2 Å². The average Bonchev–Trinajstić information content (AvgIpc) is 2.90. The number of phenolic OH excluding ortho intramolecular Hbond substituents is 1. The molecule has 1 fully saturated rings. The van der Waals surface area contributed by atoms with E-state index in [2.05, 4.69) is 10.2 Å². The normalized spacial score (nSPS) is 14.2. The number of nitrogens with zero attached hydrogens (tertiary/aromatic N) is 1. The second-order valence-corrected chi connectivity index (χ2v) is 9.28. The van der Waals surface area contributed by atoms with Crippen LogP contribution in [0.1, 0.15) is 42.6 Å². The van der Waals surface area contributed by atoms with Gasteiger partial charge in [-0.25, -0.2) is 4.39 Å². The van der Waals surface area contributed by atoms with E-state index in [0.29, 0.717) is 42.6 Å². The average molecular weight is 523 g/mol. The van der Waals surface area contributed by atoms with Gasteiger partial charge in [0.25, 0.3) is 5.91 Å². The maximum absolute atomic E-state index is 13.5. The summed E-state index contributed by atoms with van der Waals surface area (Å²) in [6.45, 7) is 7.23. The predicted octanol–water partition coefficient (Wildman–Crippen LogP) is 5.40. The third kappa shape index (κ3) is 6.75. The smallest absolute Gasteiger partial charge is 0.251 e. The van der Waals surface area contributed by atoms with Crippen LogP contribution in [0, 0.1) is 5.82 Å². The monoisotopic (exact) mass is 522 g/mol. The minimum Gasteiger partial charge on any atom is -0.508 e. The van der Waals surface area contributed by atoms with E-state index in [1.807, 2.05) is 26.0 Å². The first-order chi connectivity index (χ1) is 18.4. The number of benzene rings is 3. The highest BCUT2D eigenvalue weighted by atomic mass is 19.1. The van der Waals surface area contributed by atoms with Crippen LogP contribution in [-0.2, 0) is 6.54 Å². The van der Waals surface area contributed by atoms with Crippen LogP contribution in [-0.4, -0.2) is 55.4 Å². The van der Waals surface area contributed by atoms with Crippen molar-refractivity contribution in [3.8, 4) is 34.1 Å². The van der Waals surface area contributed by atoms with Gasteiger partial charge < -0.3 is 24.6 Å². The van der Waals surface area contributed by atoms with Gasteiger partial charge >= 0.3 is 0 Å². The largest absolute Gasteiger partial charge is 0.508 e. The molecule has 1 aliphatic rings. The molecule has 0 aliphatic carbocycles. The molecule has 0 atom stereocenters. The lowest BCUT2D eigenvalue weighted by Crippen LogP contribution is -2.44. The summed E-state index contributed by atoms with van der Waals surface area (Å²) in [5.41, 5.74) is 3.10. The molecule has 1 saturated heterocycles. The molecule has 3 aromatic rings. The molecule has 1 amide bonds. The molecule has 38 heavy (non-hydrogen) atoms. The molecule has 3 aromatic carbocycles. The van der Waals surface area contributed by atoms with Gasteiger partial charge in [0.15, 0.2) is 0 Å². The Morgan fingerprint density at radius 3 is 2.21 bits per heavy atom. The molecule has 0 saturated carbocycles. The summed E-state index contributed by atoms with van der Waals surface area (Å²) in [4.78, 5) is 15.1. The van der Waals surface area contributed by atoms with Gasteiger partial charge in [0.05, 0.1) is 25.9 Å². The standard InChI is InChI=1S/C30H35FN2O5/c1-4-37-27-14-20(15-28(38-5-2)29(27)21-6-8-23(31)9-7-21)19-33-12-10-24(11-13-33)32-30(35)22-16-25(34)18-26(17-22)36-3/h6-9,14-18,24,34H,4-5,10-13,19H2,1-3H3,(H,32,35). The first-order valence-electron chi connectivity index (χ1n) is 13.0. The molecule has 0 unspecified atom stereocenters. The first kappa shape index (κ1) is 27.3. The summed E-state index contributed by atoms with van der Waals surface area (Å²) in [6, 6.07) is 15.0. The number of phenols is 1. The van der Waals surface area contributed by atoms with Crippen molar-refractivity contribution in [2.75, 3.05) is 33.4 Å². The number of rotatable bonds is 10. The molecular weight excluding hydrogens is 487 g/mol. The number of carbonyl (C=O) groups is 1. The number of nitrogens with one attached hydrogen (secondary N) is 1. The molecule has 0 aromatic heterocycles. The fraction of sp³-hybridized carbons (Fsp3) is 0.367. The quantitative estimate of drug-likeness (QED) is 0.371.